The molecule has 1 rings (SSSR count). The average Bonchev–Trinajstić information content (AvgIpc) is 2.96. The normalized spacial score (nSPS) is 9.96. The van der Waals surface area contributed by atoms with Gasteiger partial charge >= 0.3 is 11.9 Å². The van der Waals surface area contributed by atoms with Gasteiger partial charge < -0.3 is 20.1 Å². The molecular formula is C14H18N2O6S2. The molecule has 2 amide bonds. The smallest absolute Gasteiger partial charge is 0.349 e. The first-order valence-corrected chi connectivity index (χ1v) is 8.84. The summed E-state index contributed by atoms with van der Waals surface area (Å²) in [6, 6.07) is 0. The van der Waals surface area contributed by atoms with Crippen molar-refractivity contribution in [2.75, 3.05) is 31.2 Å². The van der Waals surface area contributed by atoms with Gasteiger partial charge in [0.05, 0.1) is 25.8 Å². The van der Waals surface area contributed by atoms with E-state index in [-0.39, 0.29) is 34.4 Å². The summed E-state index contributed by atoms with van der Waals surface area (Å²) in [4.78, 5) is 46.3. The van der Waals surface area contributed by atoms with E-state index in [0.29, 0.717) is 11.6 Å². The summed E-state index contributed by atoms with van der Waals surface area (Å²) in [5, 5.41) is 6.68. The van der Waals surface area contributed by atoms with Crippen LogP contribution in [-0.2, 0) is 19.1 Å². The van der Waals surface area contributed by atoms with Crippen LogP contribution in [0.3, 0.4) is 0 Å². The Labute approximate surface area is 147 Å². The Balaban J connectivity index is 2.68. The second-order valence-corrected chi connectivity index (χ2v) is 6.41. The fourth-order valence-electron chi connectivity index (χ4n) is 1.60. The molecule has 8 nitrogen and oxygen atoms in total. The van der Waals surface area contributed by atoms with E-state index in [9.17, 15) is 19.2 Å². The molecule has 1 aromatic rings. The Bertz CT molecular complexity index is 629. The molecule has 0 aromatic carbocycles. The van der Waals surface area contributed by atoms with Gasteiger partial charge in [-0.05, 0) is 0 Å². The van der Waals surface area contributed by atoms with Crippen LogP contribution in [0.2, 0.25) is 0 Å². The number of thiophene rings is 1. The van der Waals surface area contributed by atoms with Gasteiger partial charge in [-0.1, -0.05) is 0 Å². The maximum absolute atomic E-state index is 11.9. The van der Waals surface area contributed by atoms with E-state index in [2.05, 4.69) is 20.1 Å². The third-order valence-electron chi connectivity index (χ3n) is 2.72. The van der Waals surface area contributed by atoms with Crippen molar-refractivity contribution >= 4 is 52.5 Å². The molecule has 24 heavy (non-hydrogen) atoms. The van der Waals surface area contributed by atoms with Crippen LogP contribution in [0.15, 0.2) is 5.38 Å². The minimum absolute atomic E-state index is 0.0198. The summed E-state index contributed by atoms with van der Waals surface area (Å²) in [5.41, 5.74) is 0.192. The van der Waals surface area contributed by atoms with Gasteiger partial charge in [-0.15, -0.1) is 23.1 Å². The first-order valence-electron chi connectivity index (χ1n) is 6.80. The first-order chi connectivity index (χ1) is 11.4. The monoisotopic (exact) mass is 374 g/mol. The second-order valence-electron chi connectivity index (χ2n) is 4.42. The Morgan fingerprint density at radius 3 is 2.42 bits per heavy atom. The fourth-order valence-corrected chi connectivity index (χ4v) is 3.28. The van der Waals surface area contributed by atoms with Crippen LogP contribution in [0.25, 0.3) is 0 Å². The lowest BCUT2D eigenvalue weighted by atomic mass is 10.2. The number of amides is 2. The summed E-state index contributed by atoms with van der Waals surface area (Å²) in [5.74, 6) is -0.944. The van der Waals surface area contributed by atoms with Crippen LogP contribution in [-0.4, -0.2) is 49.6 Å². The van der Waals surface area contributed by atoms with Crippen molar-refractivity contribution in [3.05, 3.63) is 15.8 Å². The lowest BCUT2D eigenvalue weighted by molar-refractivity contribution is -0.118. The molecule has 0 atom stereocenters. The van der Waals surface area contributed by atoms with Crippen LogP contribution in [0.5, 0.6) is 0 Å². The van der Waals surface area contributed by atoms with Crippen molar-refractivity contribution in [3.8, 4) is 0 Å². The van der Waals surface area contributed by atoms with E-state index in [1.807, 2.05) is 0 Å². The zero-order valence-electron chi connectivity index (χ0n) is 13.5. The lowest BCUT2D eigenvalue weighted by Crippen LogP contribution is -2.20. The van der Waals surface area contributed by atoms with Gasteiger partial charge in [0.15, 0.2) is 0 Å². The Morgan fingerprint density at radius 1 is 1.17 bits per heavy atom. The highest BCUT2D eigenvalue weighted by Gasteiger charge is 2.25. The number of nitrogens with one attached hydrogen (secondary N) is 2. The molecule has 132 valence electrons. The number of methoxy groups -OCH3 is 2. The van der Waals surface area contributed by atoms with Gasteiger partial charge in [0.25, 0.3) is 0 Å². The summed E-state index contributed by atoms with van der Waals surface area (Å²) in [6.45, 7) is 1.41. The highest BCUT2D eigenvalue weighted by molar-refractivity contribution is 7.99. The van der Waals surface area contributed by atoms with Crippen LogP contribution in [0, 0.1) is 0 Å². The van der Waals surface area contributed by atoms with Crippen molar-refractivity contribution < 1.29 is 28.7 Å². The van der Waals surface area contributed by atoms with Crippen molar-refractivity contribution in [2.24, 2.45) is 0 Å². The van der Waals surface area contributed by atoms with Crippen LogP contribution in [0.1, 0.15) is 33.4 Å². The quantitative estimate of drug-likeness (QED) is 0.403. The second kappa shape index (κ2) is 9.93. The molecule has 0 unspecified atom stereocenters. The number of ether oxygens (including phenoxy) is 2. The van der Waals surface area contributed by atoms with Crippen molar-refractivity contribution in [2.45, 2.75) is 13.3 Å². The SMILES string of the molecule is COC(=O)c1scc(NC(=O)CCSCNC(C)=O)c1C(=O)OC. The number of hydrogen-bond donors (Lipinski definition) is 2. The van der Waals surface area contributed by atoms with Gasteiger partial charge in [0.2, 0.25) is 11.8 Å². The highest BCUT2D eigenvalue weighted by atomic mass is 32.2. The first kappa shape index (κ1) is 20.0. The zero-order valence-corrected chi connectivity index (χ0v) is 15.1. The molecule has 0 radical (unpaired) electrons. The number of rotatable bonds is 8. The standard InChI is InChI=1S/C14H18N2O6S2/c1-8(17)15-7-23-5-4-10(18)16-9-6-24-12(14(20)22-3)11(9)13(19)21-2/h6H,4-5,7H2,1-3H3,(H,15,17)(H,16,18). The van der Waals surface area contributed by atoms with E-state index in [1.165, 1.54) is 38.3 Å². The number of esters is 2. The molecule has 0 fully saturated rings. The number of carbonyl (C=O) groups excluding carboxylic acids is 4. The molecule has 0 saturated carbocycles. The molecule has 10 heteroatoms. The third kappa shape index (κ3) is 5.85. The summed E-state index contributed by atoms with van der Waals surface area (Å²) < 4.78 is 9.27. The zero-order chi connectivity index (χ0) is 18.1. The van der Waals surface area contributed by atoms with Gasteiger partial charge in [0.1, 0.15) is 10.4 Å². The third-order valence-corrected chi connectivity index (χ3v) is 4.52. The summed E-state index contributed by atoms with van der Waals surface area (Å²) in [7, 11) is 2.39. The largest absolute Gasteiger partial charge is 0.465 e. The Morgan fingerprint density at radius 2 is 1.83 bits per heavy atom. The van der Waals surface area contributed by atoms with Gasteiger partial charge in [0, 0.05) is 24.5 Å². The van der Waals surface area contributed by atoms with Crippen molar-refractivity contribution in [1.29, 1.82) is 0 Å². The predicted molar refractivity (Wildman–Crippen MR) is 91.4 cm³/mol. The van der Waals surface area contributed by atoms with Crippen LogP contribution in [0.4, 0.5) is 5.69 Å². The highest BCUT2D eigenvalue weighted by Crippen LogP contribution is 2.29. The van der Waals surface area contributed by atoms with E-state index < -0.39 is 11.9 Å². The number of carbonyl (C=O) groups is 4. The molecule has 1 aromatic heterocycles. The molecule has 0 saturated heterocycles. The lowest BCUT2D eigenvalue weighted by Gasteiger charge is -2.07. The van der Waals surface area contributed by atoms with E-state index in [0.717, 1.165) is 11.3 Å². The predicted octanol–water partition coefficient (Wildman–Crippen LogP) is 1.48. The molecule has 0 aliphatic rings. The van der Waals surface area contributed by atoms with Crippen molar-refractivity contribution in [1.82, 2.24) is 5.32 Å². The molecule has 0 aliphatic carbocycles. The Hall–Kier alpha value is -2.07. The maximum Gasteiger partial charge on any atom is 0.349 e. The van der Waals surface area contributed by atoms with E-state index in [1.54, 1.807) is 0 Å². The maximum atomic E-state index is 11.9. The fraction of sp³-hybridized carbons (Fsp3) is 0.429. The molecule has 0 aliphatic heterocycles. The molecule has 0 spiro atoms. The summed E-state index contributed by atoms with van der Waals surface area (Å²) in [6.07, 6.45) is 0.189. The molecule has 1 heterocycles. The van der Waals surface area contributed by atoms with E-state index in [4.69, 9.17) is 0 Å². The van der Waals surface area contributed by atoms with Gasteiger partial charge in [-0.3, -0.25) is 9.59 Å². The molecule has 2 N–H and O–H groups in total. The summed E-state index contributed by atoms with van der Waals surface area (Å²) >= 11 is 2.38. The minimum atomic E-state index is -0.730. The molecular weight excluding hydrogens is 356 g/mol. The van der Waals surface area contributed by atoms with Gasteiger partial charge in [-0.2, -0.15) is 0 Å². The van der Waals surface area contributed by atoms with Crippen molar-refractivity contribution in [3.63, 3.8) is 0 Å². The number of anilines is 1. The Kier molecular flexibility index (Phi) is 8.27. The van der Waals surface area contributed by atoms with Gasteiger partial charge in [-0.25, -0.2) is 9.59 Å². The molecule has 0 bridgehead atoms. The van der Waals surface area contributed by atoms with Crippen LogP contribution < -0.4 is 10.6 Å². The van der Waals surface area contributed by atoms with Crippen LogP contribution >= 0.6 is 23.1 Å². The number of thioether (sulfide) groups is 1. The minimum Gasteiger partial charge on any atom is -0.465 e. The van der Waals surface area contributed by atoms with E-state index >= 15 is 0 Å². The average molecular weight is 374 g/mol. The topological polar surface area (TPSA) is 111 Å². The number of hydrogen-bond acceptors (Lipinski definition) is 8.